The van der Waals surface area contributed by atoms with Crippen molar-refractivity contribution in [3.8, 4) is 17.1 Å². The summed E-state index contributed by atoms with van der Waals surface area (Å²) in [5.74, 6) is 1.51. The van der Waals surface area contributed by atoms with Crippen LogP contribution in [-0.4, -0.2) is 80.1 Å². The Morgan fingerprint density at radius 2 is 1.95 bits per heavy atom. The van der Waals surface area contributed by atoms with Crippen LogP contribution in [0.25, 0.3) is 26.6 Å². The number of benzene rings is 1. The number of nitrogens with zero attached hydrogens (tertiary/aromatic N) is 5. The van der Waals surface area contributed by atoms with E-state index in [0.717, 1.165) is 33.1 Å². The summed E-state index contributed by atoms with van der Waals surface area (Å²) in [6.45, 7) is 12.3. The first-order chi connectivity index (χ1) is 21.0. The lowest BCUT2D eigenvalue weighted by Crippen LogP contribution is -2.50. The Hall–Kier alpha value is -4.04. The van der Waals surface area contributed by atoms with Gasteiger partial charge in [0, 0.05) is 54.1 Å². The van der Waals surface area contributed by atoms with Gasteiger partial charge in [0.05, 0.1) is 23.9 Å². The van der Waals surface area contributed by atoms with Gasteiger partial charge in [-0.2, -0.15) is 0 Å². The van der Waals surface area contributed by atoms with Gasteiger partial charge in [0.1, 0.15) is 23.3 Å². The molecule has 5 aromatic rings. The van der Waals surface area contributed by atoms with Gasteiger partial charge in [-0.3, -0.25) is 14.6 Å². The molecule has 0 aliphatic carbocycles. The lowest BCUT2D eigenvalue weighted by molar-refractivity contribution is -0.0651. The van der Waals surface area contributed by atoms with Crippen molar-refractivity contribution in [2.75, 3.05) is 36.9 Å². The molecule has 0 saturated carbocycles. The van der Waals surface area contributed by atoms with E-state index >= 15 is 0 Å². The Morgan fingerprint density at radius 1 is 1.16 bits per heavy atom. The highest BCUT2D eigenvalue weighted by Gasteiger charge is 2.25. The molecule has 1 fully saturated rings. The smallest absolute Gasteiger partial charge is 0.324 e. The molecule has 13 heteroatoms. The molecule has 5 heterocycles. The number of imidazole rings is 1. The summed E-state index contributed by atoms with van der Waals surface area (Å²) in [4.78, 5) is 25.7. The number of rotatable bonds is 8. The molecule has 1 aliphatic heterocycles. The summed E-state index contributed by atoms with van der Waals surface area (Å²) in [7, 11) is 0. The molecule has 1 unspecified atom stereocenters. The van der Waals surface area contributed by atoms with Gasteiger partial charge in [-0.25, -0.2) is 14.8 Å². The number of urea groups is 1. The first-order valence-electron chi connectivity index (χ1n) is 14.6. The predicted molar refractivity (Wildman–Crippen MR) is 170 cm³/mol. The summed E-state index contributed by atoms with van der Waals surface area (Å²) in [6, 6.07) is 12.8. The van der Waals surface area contributed by atoms with Gasteiger partial charge in [-0.1, -0.05) is 49.4 Å². The number of morpholine rings is 1. The van der Waals surface area contributed by atoms with E-state index < -0.39 is 12.1 Å². The number of fused-ring (bicyclic) bond motifs is 3. The molecule has 1 aliphatic rings. The summed E-state index contributed by atoms with van der Waals surface area (Å²) >= 11 is 1.47. The molecule has 232 valence electrons. The quantitative estimate of drug-likeness (QED) is 0.209. The molecule has 1 saturated heterocycles. The largest absolute Gasteiger partial charge is 0.475 e. The minimum atomic E-state index is -0.630. The average molecular weight is 620 g/mol. The van der Waals surface area contributed by atoms with Crippen LogP contribution in [0.4, 0.5) is 16.3 Å². The standard InChI is InChI=1S/C31H37N7O5S/c1-18-16-41-19(2)13-37(18)14-22(39)17-42-27-11-10-24-28(35-27)44-30-33-23(15-38(24)30)20-6-8-21(9-7-20)32-29(40)34-26-12-25(43-36-26)31(3,4)5/h6-12,15,18-19,22,39H,13-14,16-17H2,1-5H3,(H2,32,34,36,40)/t18-,19-,22?/m0/s1. The van der Waals surface area contributed by atoms with E-state index in [1.807, 2.05) is 74.7 Å². The fraction of sp³-hybridized carbons (Fsp3) is 0.419. The summed E-state index contributed by atoms with van der Waals surface area (Å²) < 4.78 is 18.8. The first kappa shape index (κ1) is 30.0. The monoisotopic (exact) mass is 619 g/mol. The van der Waals surface area contributed by atoms with Crippen LogP contribution in [0.1, 0.15) is 40.4 Å². The number of thiazole rings is 1. The fourth-order valence-electron chi connectivity index (χ4n) is 5.01. The van der Waals surface area contributed by atoms with E-state index in [-0.39, 0.29) is 24.2 Å². The number of aromatic nitrogens is 4. The zero-order chi connectivity index (χ0) is 31.0. The maximum atomic E-state index is 12.5. The first-order valence-corrected chi connectivity index (χ1v) is 15.4. The molecule has 0 radical (unpaired) electrons. The third kappa shape index (κ3) is 6.70. The number of pyridine rings is 1. The highest BCUT2D eigenvalue weighted by Crippen LogP contribution is 2.30. The molecule has 3 N–H and O–H groups in total. The molecule has 1 aromatic carbocycles. The fourth-order valence-corrected chi connectivity index (χ4v) is 5.98. The van der Waals surface area contributed by atoms with E-state index in [2.05, 4.69) is 32.6 Å². The molecule has 44 heavy (non-hydrogen) atoms. The molecule has 4 aromatic heterocycles. The normalized spacial score (nSPS) is 18.5. The maximum Gasteiger partial charge on any atom is 0.324 e. The number of aliphatic hydroxyl groups is 1. The molecular weight excluding hydrogens is 582 g/mol. The second-order valence-electron chi connectivity index (χ2n) is 12.2. The van der Waals surface area contributed by atoms with Gasteiger partial charge < -0.3 is 24.4 Å². The number of amides is 2. The number of aliphatic hydroxyl groups excluding tert-OH is 1. The molecule has 0 bridgehead atoms. The Bertz CT molecular complexity index is 1760. The van der Waals surface area contributed by atoms with Crippen LogP contribution in [0, 0.1) is 0 Å². The zero-order valence-electron chi connectivity index (χ0n) is 25.4. The number of carbonyl (C=O) groups is 1. The number of carbonyl (C=O) groups excluding carboxylic acids is 1. The third-order valence-electron chi connectivity index (χ3n) is 7.47. The van der Waals surface area contributed by atoms with Crippen LogP contribution in [-0.2, 0) is 10.2 Å². The van der Waals surface area contributed by atoms with Crippen molar-refractivity contribution in [3.63, 3.8) is 0 Å². The third-order valence-corrected chi connectivity index (χ3v) is 8.44. The predicted octanol–water partition coefficient (Wildman–Crippen LogP) is 5.39. The minimum Gasteiger partial charge on any atom is -0.475 e. The van der Waals surface area contributed by atoms with Crippen LogP contribution in [0.15, 0.2) is 53.2 Å². The Kier molecular flexibility index (Phi) is 8.29. The van der Waals surface area contributed by atoms with Crippen LogP contribution in [0.5, 0.6) is 5.88 Å². The number of hydrogen-bond donors (Lipinski definition) is 3. The Labute approximate surface area is 259 Å². The molecule has 3 atom stereocenters. The van der Waals surface area contributed by atoms with Crippen molar-refractivity contribution in [1.82, 2.24) is 24.4 Å². The van der Waals surface area contributed by atoms with Crippen LogP contribution in [0.2, 0.25) is 0 Å². The van der Waals surface area contributed by atoms with Gasteiger partial charge in [-0.05, 0) is 32.0 Å². The number of anilines is 2. The van der Waals surface area contributed by atoms with Crippen molar-refractivity contribution in [2.45, 2.75) is 58.3 Å². The van der Waals surface area contributed by atoms with Gasteiger partial charge in [-0.15, -0.1) is 0 Å². The summed E-state index contributed by atoms with van der Waals surface area (Å²) in [5, 5.41) is 20.0. The van der Waals surface area contributed by atoms with Crippen LogP contribution < -0.4 is 15.4 Å². The van der Waals surface area contributed by atoms with Crippen molar-refractivity contribution in [2.24, 2.45) is 0 Å². The molecule has 2 amide bonds. The molecular formula is C31H37N7O5S. The van der Waals surface area contributed by atoms with E-state index in [1.165, 1.54) is 11.3 Å². The topological polar surface area (TPSA) is 139 Å². The van der Waals surface area contributed by atoms with Crippen molar-refractivity contribution >= 4 is 44.2 Å². The van der Waals surface area contributed by atoms with Crippen LogP contribution in [0.3, 0.4) is 0 Å². The average Bonchev–Trinajstić information content (AvgIpc) is 3.69. The summed E-state index contributed by atoms with van der Waals surface area (Å²) in [6.07, 6.45) is 1.50. The number of nitrogens with one attached hydrogen (secondary N) is 2. The van der Waals surface area contributed by atoms with Gasteiger partial charge in [0.25, 0.3) is 0 Å². The number of ether oxygens (including phenoxy) is 2. The highest BCUT2D eigenvalue weighted by molar-refractivity contribution is 7.23. The SMILES string of the molecule is C[C@H]1CN(CC(O)COc2ccc3c(n2)sc2nc(-c4ccc(NC(=O)Nc5cc(C(C)(C)C)on5)cc4)cn23)[C@@H](C)CO1. The van der Waals surface area contributed by atoms with Gasteiger partial charge in [0.15, 0.2) is 10.8 Å². The van der Waals surface area contributed by atoms with E-state index in [4.69, 9.17) is 19.0 Å². The molecule has 0 spiro atoms. The van der Waals surface area contributed by atoms with Crippen molar-refractivity contribution < 1.29 is 23.9 Å². The van der Waals surface area contributed by atoms with Gasteiger partial charge >= 0.3 is 6.03 Å². The van der Waals surface area contributed by atoms with E-state index in [9.17, 15) is 9.90 Å². The Balaban J connectivity index is 1.06. The van der Waals surface area contributed by atoms with Crippen molar-refractivity contribution in [1.29, 1.82) is 0 Å². The van der Waals surface area contributed by atoms with E-state index in [0.29, 0.717) is 36.3 Å². The Morgan fingerprint density at radius 3 is 2.70 bits per heavy atom. The molecule has 6 rings (SSSR count). The highest BCUT2D eigenvalue weighted by atomic mass is 32.1. The molecule has 12 nitrogen and oxygen atoms in total. The van der Waals surface area contributed by atoms with E-state index in [1.54, 1.807) is 6.07 Å². The summed E-state index contributed by atoms with van der Waals surface area (Å²) in [5.41, 5.74) is 3.07. The second kappa shape index (κ2) is 12.2. The lowest BCUT2D eigenvalue weighted by Gasteiger charge is -2.37. The van der Waals surface area contributed by atoms with Gasteiger partial charge in [0.2, 0.25) is 5.88 Å². The maximum absolute atomic E-state index is 12.5. The second-order valence-corrected chi connectivity index (χ2v) is 13.2. The number of β-amino-alcohol motifs (C(OH)–C–C–N with tert-alkyl or cyclic N) is 1. The van der Waals surface area contributed by atoms with Crippen molar-refractivity contribution in [3.05, 3.63) is 54.4 Å². The zero-order valence-corrected chi connectivity index (χ0v) is 26.2. The number of hydrogen-bond acceptors (Lipinski definition) is 10. The lowest BCUT2D eigenvalue weighted by atomic mass is 9.93. The minimum absolute atomic E-state index is 0.158. The van der Waals surface area contributed by atoms with Crippen LogP contribution >= 0.6 is 11.3 Å².